The first-order valence-corrected chi connectivity index (χ1v) is 7.47. The molecule has 112 valence electrons. The van der Waals surface area contributed by atoms with Gasteiger partial charge in [-0.2, -0.15) is 0 Å². The number of aromatic nitrogens is 2. The zero-order valence-electron chi connectivity index (χ0n) is 12.3. The second-order valence-electron chi connectivity index (χ2n) is 6.06. The fourth-order valence-corrected chi connectivity index (χ4v) is 2.97. The van der Waals surface area contributed by atoms with E-state index in [1.807, 2.05) is 23.6 Å². The highest BCUT2D eigenvalue weighted by Gasteiger charge is 2.41. The molecule has 2 aromatic heterocycles. The molecule has 2 nitrogen and oxygen atoms in total. The third kappa shape index (κ3) is 2.28. The standard InChI is InChI=1S/C18H16F2N2/c1-11-10-22-15(9-21-18(22)16-8-17(16)20)7-13(11)5-12-3-2-4-14(19)6-12/h2-4,6-7,9-10,16-17H,5,8H2,1H3/t16-,17-/m1/s1. The Bertz CT molecular complexity index is 853. The quantitative estimate of drug-likeness (QED) is 0.708. The molecule has 0 spiro atoms. The van der Waals surface area contributed by atoms with Crippen LogP contribution < -0.4 is 0 Å². The van der Waals surface area contributed by atoms with Crippen LogP contribution in [0.25, 0.3) is 5.52 Å². The predicted molar refractivity (Wildman–Crippen MR) is 81.4 cm³/mol. The van der Waals surface area contributed by atoms with Gasteiger partial charge in [-0.3, -0.25) is 0 Å². The average Bonchev–Trinajstić information content (AvgIpc) is 3.06. The van der Waals surface area contributed by atoms with E-state index in [1.165, 1.54) is 6.07 Å². The van der Waals surface area contributed by atoms with E-state index < -0.39 is 6.17 Å². The van der Waals surface area contributed by atoms with Gasteiger partial charge in [-0.15, -0.1) is 0 Å². The van der Waals surface area contributed by atoms with Gasteiger partial charge in [0.2, 0.25) is 0 Å². The van der Waals surface area contributed by atoms with Crippen LogP contribution in [0.1, 0.15) is 34.9 Å². The van der Waals surface area contributed by atoms with Crippen LogP contribution in [-0.2, 0) is 6.42 Å². The highest BCUT2D eigenvalue weighted by Crippen LogP contribution is 2.42. The number of pyridine rings is 1. The van der Waals surface area contributed by atoms with Crippen LogP contribution in [0.2, 0.25) is 0 Å². The van der Waals surface area contributed by atoms with Crippen LogP contribution in [0.4, 0.5) is 8.78 Å². The molecule has 4 heteroatoms. The summed E-state index contributed by atoms with van der Waals surface area (Å²) in [5.41, 5.74) is 4.15. The number of nitrogens with zero attached hydrogens (tertiary/aromatic N) is 2. The van der Waals surface area contributed by atoms with Crippen molar-refractivity contribution in [2.75, 3.05) is 0 Å². The molecule has 3 aromatic rings. The van der Waals surface area contributed by atoms with Gasteiger partial charge in [0, 0.05) is 6.20 Å². The van der Waals surface area contributed by atoms with Crippen LogP contribution in [0.3, 0.4) is 0 Å². The van der Waals surface area contributed by atoms with Crippen LogP contribution in [0.5, 0.6) is 0 Å². The Morgan fingerprint density at radius 3 is 2.86 bits per heavy atom. The molecule has 2 atom stereocenters. The van der Waals surface area contributed by atoms with Gasteiger partial charge in [0.25, 0.3) is 0 Å². The number of hydrogen-bond donors (Lipinski definition) is 0. The summed E-state index contributed by atoms with van der Waals surface area (Å²) in [5.74, 6) is 0.532. The van der Waals surface area contributed by atoms with Gasteiger partial charge in [-0.25, -0.2) is 13.8 Å². The molecule has 0 radical (unpaired) electrons. The topological polar surface area (TPSA) is 17.3 Å². The molecule has 0 amide bonds. The van der Waals surface area contributed by atoms with Crippen LogP contribution >= 0.6 is 0 Å². The molecule has 0 saturated heterocycles. The van der Waals surface area contributed by atoms with E-state index in [4.69, 9.17) is 0 Å². The number of rotatable bonds is 3. The van der Waals surface area contributed by atoms with Crippen molar-refractivity contribution in [2.24, 2.45) is 0 Å². The summed E-state index contributed by atoms with van der Waals surface area (Å²) in [5, 5.41) is 0. The summed E-state index contributed by atoms with van der Waals surface area (Å²) in [6.45, 7) is 2.03. The molecule has 1 saturated carbocycles. The minimum absolute atomic E-state index is 0.0593. The Balaban J connectivity index is 1.71. The van der Waals surface area contributed by atoms with Crippen molar-refractivity contribution in [1.82, 2.24) is 9.38 Å². The first-order valence-electron chi connectivity index (χ1n) is 7.47. The van der Waals surface area contributed by atoms with Crippen LogP contribution in [0.15, 0.2) is 42.7 Å². The van der Waals surface area contributed by atoms with Crippen molar-refractivity contribution in [2.45, 2.75) is 31.9 Å². The molecular formula is C18H16F2N2. The molecular weight excluding hydrogens is 282 g/mol. The maximum atomic E-state index is 13.3. The Morgan fingerprint density at radius 2 is 2.14 bits per heavy atom. The Labute approximate surface area is 127 Å². The van der Waals surface area contributed by atoms with E-state index in [0.717, 1.165) is 28.0 Å². The Kier molecular flexibility index (Phi) is 2.99. The molecule has 0 unspecified atom stereocenters. The van der Waals surface area contributed by atoms with E-state index >= 15 is 0 Å². The second kappa shape index (κ2) is 4.90. The van der Waals surface area contributed by atoms with Crippen molar-refractivity contribution >= 4 is 5.52 Å². The second-order valence-corrected chi connectivity index (χ2v) is 6.06. The minimum Gasteiger partial charge on any atom is -0.303 e. The van der Waals surface area contributed by atoms with E-state index in [-0.39, 0.29) is 11.7 Å². The Morgan fingerprint density at radius 1 is 1.32 bits per heavy atom. The first kappa shape index (κ1) is 13.4. The third-order valence-electron chi connectivity index (χ3n) is 4.33. The molecule has 4 rings (SSSR count). The van der Waals surface area contributed by atoms with Gasteiger partial charge in [-0.1, -0.05) is 12.1 Å². The highest BCUT2D eigenvalue weighted by molar-refractivity contribution is 5.52. The molecule has 1 aliphatic carbocycles. The molecule has 0 N–H and O–H groups in total. The largest absolute Gasteiger partial charge is 0.303 e. The molecule has 0 bridgehead atoms. The summed E-state index contributed by atoms with van der Waals surface area (Å²) in [7, 11) is 0. The fourth-order valence-electron chi connectivity index (χ4n) is 2.97. The maximum absolute atomic E-state index is 13.3. The lowest BCUT2D eigenvalue weighted by atomic mass is 10.0. The highest BCUT2D eigenvalue weighted by atomic mass is 19.1. The molecule has 1 aromatic carbocycles. The Hall–Kier alpha value is -2.23. The summed E-state index contributed by atoms with van der Waals surface area (Å²) >= 11 is 0. The van der Waals surface area contributed by atoms with Gasteiger partial charge in [0.1, 0.15) is 17.8 Å². The number of alkyl halides is 1. The van der Waals surface area contributed by atoms with E-state index in [9.17, 15) is 8.78 Å². The van der Waals surface area contributed by atoms with Crippen LogP contribution in [-0.4, -0.2) is 15.6 Å². The number of aryl methyl sites for hydroxylation is 1. The molecule has 22 heavy (non-hydrogen) atoms. The van der Waals surface area contributed by atoms with Crippen molar-refractivity contribution in [3.05, 3.63) is 71.1 Å². The van der Waals surface area contributed by atoms with Gasteiger partial charge >= 0.3 is 0 Å². The maximum Gasteiger partial charge on any atom is 0.123 e. The third-order valence-corrected chi connectivity index (χ3v) is 4.33. The smallest absolute Gasteiger partial charge is 0.123 e. The van der Waals surface area contributed by atoms with Crippen LogP contribution in [0, 0.1) is 12.7 Å². The van der Waals surface area contributed by atoms with Crippen molar-refractivity contribution in [1.29, 1.82) is 0 Å². The SMILES string of the molecule is Cc1cn2c([C@@H]3C[C@H]3F)ncc2cc1Cc1cccc(F)c1. The molecule has 2 heterocycles. The number of fused-ring (bicyclic) bond motifs is 1. The zero-order chi connectivity index (χ0) is 15.3. The molecule has 0 aliphatic heterocycles. The van der Waals surface area contributed by atoms with Crippen molar-refractivity contribution in [3.8, 4) is 0 Å². The number of imidazole rings is 1. The van der Waals surface area contributed by atoms with E-state index in [2.05, 4.69) is 11.1 Å². The molecule has 1 aliphatic rings. The monoisotopic (exact) mass is 298 g/mol. The van der Waals surface area contributed by atoms with Gasteiger partial charge in [-0.05, 0) is 54.7 Å². The first-order chi connectivity index (χ1) is 10.6. The zero-order valence-corrected chi connectivity index (χ0v) is 12.3. The van der Waals surface area contributed by atoms with Gasteiger partial charge < -0.3 is 4.40 Å². The van der Waals surface area contributed by atoms with Gasteiger partial charge in [0.05, 0.1) is 17.6 Å². The lowest BCUT2D eigenvalue weighted by Gasteiger charge is -2.09. The number of hydrogen-bond acceptors (Lipinski definition) is 1. The van der Waals surface area contributed by atoms with E-state index in [1.54, 1.807) is 18.3 Å². The summed E-state index contributed by atoms with van der Waals surface area (Å²) in [4.78, 5) is 4.37. The summed E-state index contributed by atoms with van der Waals surface area (Å²) in [6.07, 6.45) is 4.29. The minimum atomic E-state index is -0.752. The van der Waals surface area contributed by atoms with Gasteiger partial charge in [0.15, 0.2) is 0 Å². The number of benzene rings is 1. The predicted octanol–water partition coefficient (Wildman–Crippen LogP) is 4.20. The van der Waals surface area contributed by atoms with Crippen molar-refractivity contribution in [3.63, 3.8) is 0 Å². The summed E-state index contributed by atoms with van der Waals surface area (Å²) in [6, 6.07) is 8.72. The van der Waals surface area contributed by atoms with Crippen molar-refractivity contribution < 1.29 is 8.78 Å². The molecule has 1 fully saturated rings. The number of halogens is 2. The van der Waals surface area contributed by atoms with E-state index in [0.29, 0.717) is 12.8 Å². The average molecular weight is 298 g/mol. The summed E-state index contributed by atoms with van der Waals surface area (Å²) < 4.78 is 28.6. The lowest BCUT2D eigenvalue weighted by Crippen LogP contribution is -1.99. The lowest BCUT2D eigenvalue weighted by molar-refractivity contribution is 0.464. The fraction of sp³-hybridized carbons (Fsp3) is 0.278. The normalized spacial score (nSPS) is 20.5.